The summed E-state index contributed by atoms with van der Waals surface area (Å²) in [7, 11) is 1.68. The van der Waals surface area contributed by atoms with E-state index in [1.54, 1.807) is 18.2 Å². The number of methoxy groups -OCH3 is 1. The van der Waals surface area contributed by atoms with Crippen molar-refractivity contribution in [2.24, 2.45) is 0 Å². The Balaban J connectivity index is 1.33. The molecular weight excluding hydrogens is 514 g/mol. The predicted molar refractivity (Wildman–Crippen MR) is 153 cm³/mol. The fourth-order valence-corrected chi connectivity index (χ4v) is 6.31. The number of ether oxygens (including phenoxy) is 2. The summed E-state index contributed by atoms with van der Waals surface area (Å²) in [4.78, 5) is 34.3. The Kier molecular flexibility index (Phi) is 6.46. The number of hydrogen-bond acceptors (Lipinski definition) is 7. The number of thiophene rings is 1. The van der Waals surface area contributed by atoms with E-state index >= 15 is 0 Å². The van der Waals surface area contributed by atoms with Gasteiger partial charge in [0, 0.05) is 26.4 Å². The summed E-state index contributed by atoms with van der Waals surface area (Å²) >= 11 is 1.28. The van der Waals surface area contributed by atoms with Gasteiger partial charge in [-0.1, -0.05) is 18.2 Å². The zero-order valence-electron chi connectivity index (χ0n) is 21.9. The molecule has 2 atom stereocenters. The van der Waals surface area contributed by atoms with Gasteiger partial charge < -0.3 is 25.4 Å². The number of benzene rings is 2. The summed E-state index contributed by atoms with van der Waals surface area (Å²) in [5.41, 5.74) is 2.27. The van der Waals surface area contributed by atoms with Gasteiger partial charge in [0.1, 0.15) is 21.2 Å². The molecule has 1 saturated heterocycles. The number of urea groups is 1. The molecule has 0 bridgehead atoms. The molecule has 2 aromatic carbocycles. The number of para-hydroxylation sites is 1. The van der Waals surface area contributed by atoms with E-state index in [-0.39, 0.29) is 18.0 Å². The topological polar surface area (TPSA) is 105 Å². The molecule has 2 aliphatic rings. The van der Waals surface area contributed by atoms with Crippen molar-refractivity contribution in [3.8, 4) is 11.5 Å². The number of piperidine rings is 1. The Labute approximate surface area is 230 Å². The summed E-state index contributed by atoms with van der Waals surface area (Å²) in [6.45, 7) is 5.31. The molecule has 1 fully saturated rings. The van der Waals surface area contributed by atoms with Crippen LogP contribution in [0.2, 0.25) is 0 Å². The molecule has 0 radical (unpaired) electrons. The lowest BCUT2D eigenvalue weighted by Gasteiger charge is -2.38. The number of nitrogens with zero attached hydrogens (tertiary/aromatic N) is 2. The van der Waals surface area contributed by atoms with Crippen LogP contribution in [0.1, 0.15) is 28.6 Å². The normalized spacial score (nSPS) is 20.5. The molecule has 39 heavy (non-hydrogen) atoms. The lowest BCUT2D eigenvalue weighted by atomic mass is 9.90. The summed E-state index contributed by atoms with van der Waals surface area (Å²) in [5, 5.41) is 10.2. The minimum atomic E-state index is -0.486. The number of aryl methyl sites for hydroxylation is 1. The van der Waals surface area contributed by atoms with E-state index in [2.05, 4.69) is 20.9 Å². The van der Waals surface area contributed by atoms with Crippen LogP contribution in [0.5, 0.6) is 11.5 Å². The highest BCUT2D eigenvalue weighted by molar-refractivity contribution is 7.21. The van der Waals surface area contributed by atoms with Gasteiger partial charge in [0.05, 0.1) is 34.1 Å². The number of carbonyl (C=O) groups is 2. The van der Waals surface area contributed by atoms with Gasteiger partial charge in [0.25, 0.3) is 5.91 Å². The predicted octanol–water partition coefficient (Wildman–Crippen LogP) is 5.58. The number of amides is 3. The highest BCUT2D eigenvalue weighted by Crippen LogP contribution is 2.46. The van der Waals surface area contributed by atoms with Crippen molar-refractivity contribution >= 4 is 50.6 Å². The SMILES string of the molecule is CO[C@@H]1CNC[C@](C)(NC(=O)c2sc3nccc4c3c2NC(=O)N4c2ccc(Oc3ccccc3)cc2C)C1. The second-order valence-electron chi connectivity index (χ2n) is 10.2. The van der Waals surface area contributed by atoms with E-state index in [1.165, 1.54) is 11.3 Å². The molecule has 2 aliphatic heterocycles. The first-order valence-corrected chi connectivity index (χ1v) is 13.6. The molecule has 0 saturated carbocycles. The molecule has 0 unspecified atom stereocenters. The monoisotopic (exact) mass is 543 g/mol. The summed E-state index contributed by atoms with van der Waals surface area (Å²) in [6, 6.07) is 16.6. The van der Waals surface area contributed by atoms with Crippen molar-refractivity contribution in [2.75, 3.05) is 30.4 Å². The van der Waals surface area contributed by atoms with Gasteiger partial charge in [0.15, 0.2) is 0 Å². The van der Waals surface area contributed by atoms with Crippen LogP contribution in [-0.4, -0.2) is 48.8 Å². The number of nitrogens with one attached hydrogen (secondary N) is 3. The average Bonchev–Trinajstić information content (AvgIpc) is 3.29. The largest absolute Gasteiger partial charge is 0.457 e. The molecule has 0 spiro atoms. The highest BCUT2D eigenvalue weighted by atomic mass is 32.1. The third kappa shape index (κ3) is 4.71. The van der Waals surface area contributed by atoms with Gasteiger partial charge in [-0.3, -0.25) is 9.69 Å². The first-order chi connectivity index (χ1) is 18.8. The van der Waals surface area contributed by atoms with E-state index in [0.717, 1.165) is 28.9 Å². The molecule has 2 aromatic heterocycles. The highest BCUT2D eigenvalue weighted by Gasteiger charge is 2.37. The number of pyridine rings is 1. The zero-order chi connectivity index (χ0) is 27.1. The Morgan fingerprint density at radius 3 is 2.74 bits per heavy atom. The molecule has 10 heteroatoms. The maximum absolute atomic E-state index is 13.5. The molecule has 9 nitrogen and oxygen atoms in total. The molecule has 200 valence electrons. The van der Waals surface area contributed by atoms with Gasteiger partial charge in [-0.05, 0) is 62.2 Å². The van der Waals surface area contributed by atoms with Crippen molar-refractivity contribution in [1.29, 1.82) is 0 Å². The van der Waals surface area contributed by atoms with Crippen molar-refractivity contribution in [1.82, 2.24) is 15.6 Å². The van der Waals surface area contributed by atoms with Crippen LogP contribution >= 0.6 is 11.3 Å². The molecular formula is C29H29N5O4S. The minimum absolute atomic E-state index is 0.0130. The molecule has 4 aromatic rings. The number of carbonyl (C=O) groups excluding carboxylic acids is 2. The zero-order valence-corrected chi connectivity index (χ0v) is 22.7. The van der Waals surface area contributed by atoms with Gasteiger partial charge in [-0.25, -0.2) is 9.78 Å². The van der Waals surface area contributed by atoms with E-state index in [9.17, 15) is 9.59 Å². The smallest absolute Gasteiger partial charge is 0.331 e. The Morgan fingerprint density at radius 1 is 1.15 bits per heavy atom. The van der Waals surface area contributed by atoms with E-state index in [4.69, 9.17) is 9.47 Å². The number of aromatic nitrogens is 1. The van der Waals surface area contributed by atoms with Gasteiger partial charge in [0.2, 0.25) is 0 Å². The molecule has 0 aliphatic carbocycles. The van der Waals surface area contributed by atoms with Crippen molar-refractivity contribution in [2.45, 2.75) is 31.9 Å². The van der Waals surface area contributed by atoms with Crippen molar-refractivity contribution in [3.05, 3.63) is 71.2 Å². The van der Waals surface area contributed by atoms with Crippen LogP contribution < -0.4 is 25.6 Å². The lowest BCUT2D eigenvalue weighted by Crippen LogP contribution is -2.59. The van der Waals surface area contributed by atoms with Crippen molar-refractivity contribution < 1.29 is 19.1 Å². The molecule has 3 N–H and O–H groups in total. The maximum Gasteiger partial charge on any atom is 0.331 e. The fraction of sp³-hybridized carbons (Fsp3) is 0.276. The maximum atomic E-state index is 13.5. The number of hydrogen-bond donors (Lipinski definition) is 3. The number of rotatable bonds is 6. The van der Waals surface area contributed by atoms with Crippen LogP contribution in [-0.2, 0) is 4.74 Å². The first-order valence-electron chi connectivity index (χ1n) is 12.8. The summed E-state index contributed by atoms with van der Waals surface area (Å²) in [5.74, 6) is 1.17. The third-order valence-electron chi connectivity index (χ3n) is 7.15. The van der Waals surface area contributed by atoms with E-state index < -0.39 is 5.54 Å². The first kappa shape index (κ1) is 25.3. The molecule has 3 amide bonds. The van der Waals surface area contributed by atoms with E-state index in [0.29, 0.717) is 39.8 Å². The van der Waals surface area contributed by atoms with Crippen LogP contribution in [0.15, 0.2) is 60.8 Å². The van der Waals surface area contributed by atoms with Gasteiger partial charge in [-0.15, -0.1) is 11.3 Å². The fourth-order valence-electron chi connectivity index (χ4n) is 5.30. The Bertz CT molecular complexity index is 1570. The van der Waals surface area contributed by atoms with Crippen LogP contribution in [0.4, 0.5) is 21.9 Å². The summed E-state index contributed by atoms with van der Waals surface area (Å²) < 4.78 is 11.5. The summed E-state index contributed by atoms with van der Waals surface area (Å²) in [6.07, 6.45) is 2.37. The second-order valence-corrected chi connectivity index (χ2v) is 11.2. The standard InChI is InChI=1S/C29H29N5O4S/c1-17-13-19(38-18-7-5-4-6-8-18)9-10-21(17)34-22-11-12-31-27-23(22)24(32-28(34)36)25(39-27)26(35)33-29(2)14-20(37-3)15-30-16-29/h4-13,20,30H,14-16H2,1-3H3,(H,32,36)(H,33,35)/t20-,29+/m0/s1. The Morgan fingerprint density at radius 2 is 1.97 bits per heavy atom. The van der Waals surface area contributed by atoms with Crippen LogP contribution in [0.25, 0.3) is 10.2 Å². The average molecular weight is 544 g/mol. The third-order valence-corrected chi connectivity index (χ3v) is 8.25. The Hall–Kier alpha value is -3.99. The van der Waals surface area contributed by atoms with Crippen molar-refractivity contribution in [3.63, 3.8) is 0 Å². The second kappa shape index (κ2) is 9.96. The van der Waals surface area contributed by atoms with Crippen LogP contribution in [0.3, 0.4) is 0 Å². The van der Waals surface area contributed by atoms with E-state index in [1.807, 2.05) is 68.4 Å². The number of anilines is 3. The molecule has 6 rings (SSSR count). The van der Waals surface area contributed by atoms with Crippen LogP contribution in [0, 0.1) is 6.92 Å². The molecule has 4 heterocycles. The lowest BCUT2D eigenvalue weighted by molar-refractivity contribution is 0.0447. The quantitative estimate of drug-likeness (QED) is 0.293. The van der Waals surface area contributed by atoms with Gasteiger partial charge in [-0.2, -0.15) is 0 Å². The van der Waals surface area contributed by atoms with Gasteiger partial charge >= 0.3 is 6.03 Å². The minimum Gasteiger partial charge on any atom is -0.457 e.